The van der Waals surface area contributed by atoms with Gasteiger partial charge in [-0.3, -0.25) is 9.98 Å². The SMILES string of the molecule is CC(=Nc1ccc(CCc2ccc(N=C(C)C3CCCCC3)c(C)c2)cc1C)C1CCCCC1. The molecule has 2 saturated carbocycles. The Morgan fingerprint density at radius 2 is 1.00 bits per heavy atom. The maximum absolute atomic E-state index is 5.02. The Morgan fingerprint density at radius 1 is 0.618 bits per heavy atom. The fourth-order valence-electron chi connectivity index (χ4n) is 5.89. The molecule has 182 valence electrons. The Labute approximate surface area is 208 Å². The Hall–Kier alpha value is -2.22. The fraction of sp³-hybridized carbons (Fsp3) is 0.562. The van der Waals surface area contributed by atoms with Crippen molar-refractivity contribution < 1.29 is 0 Å². The van der Waals surface area contributed by atoms with E-state index in [0.29, 0.717) is 11.8 Å². The highest BCUT2D eigenvalue weighted by Gasteiger charge is 2.17. The molecule has 0 spiro atoms. The van der Waals surface area contributed by atoms with Crippen molar-refractivity contribution >= 4 is 22.8 Å². The predicted octanol–water partition coefficient (Wildman–Crippen LogP) is 9.43. The Balaban J connectivity index is 1.36. The molecular weight excluding hydrogens is 412 g/mol. The third-order valence-electron chi connectivity index (χ3n) is 8.21. The summed E-state index contributed by atoms with van der Waals surface area (Å²) in [6.45, 7) is 8.89. The third kappa shape index (κ3) is 6.68. The normalized spacial score (nSPS) is 18.9. The summed E-state index contributed by atoms with van der Waals surface area (Å²) in [6.07, 6.45) is 15.6. The van der Waals surface area contributed by atoms with E-state index in [9.17, 15) is 0 Å². The van der Waals surface area contributed by atoms with Gasteiger partial charge in [0.05, 0.1) is 11.4 Å². The minimum absolute atomic E-state index is 0.690. The van der Waals surface area contributed by atoms with E-state index in [0.717, 1.165) is 24.2 Å². The van der Waals surface area contributed by atoms with Crippen molar-refractivity contribution in [3.63, 3.8) is 0 Å². The summed E-state index contributed by atoms with van der Waals surface area (Å²) in [5, 5.41) is 0. The molecule has 0 aliphatic heterocycles. The molecular formula is C32H44N2. The number of nitrogens with zero attached hydrogens (tertiary/aromatic N) is 2. The second kappa shape index (κ2) is 12.0. The lowest BCUT2D eigenvalue weighted by Gasteiger charge is -2.21. The van der Waals surface area contributed by atoms with Crippen molar-refractivity contribution in [2.24, 2.45) is 21.8 Å². The zero-order valence-corrected chi connectivity index (χ0v) is 22.0. The van der Waals surface area contributed by atoms with Crippen LogP contribution in [0.3, 0.4) is 0 Å². The first-order valence-corrected chi connectivity index (χ1v) is 13.8. The van der Waals surface area contributed by atoms with Gasteiger partial charge in [-0.25, -0.2) is 0 Å². The van der Waals surface area contributed by atoms with E-state index in [4.69, 9.17) is 9.98 Å². The molecule has 0 saturated heterocycles. The van der Waals surface area contributed by atoms with Crippen LogP contribution in [0.4, 0.5) is 11.4 Å². The molecule has 2 fully saturated rings. The highest BCUT2D eigenvalue weighted by atomic mass is 14.8. The van der Waals surface area contributed by atoms with E-state index in [1.54, 1.807) is 0 Å². The van der Waals surface area contributed by atoms with Crippen molar-refractivity contribution in [1.82, 2.24) is 0 Å². The van der Waals surface area contributed by atoms with E-state index < -0.39 is 0 Å². The quantitative estimate of drug-likeness (QED) is 0.371. The number of hydrogen-bond acceptors (Lipinski definition) is 2. The molecule has 0 amide bonds. The van der Waals surface area contributed by atoms with E-state index in [-0.39, 0.29) is 0 Å². The van der Waals surface area contributed by atoms with Crippen LogP contribution in [0.5, 0.6) is 0 Å². The largest absolute Gasteiger partial charge is 0.258 e. The summed E-state index contributed by atoms with van der Waals surface area (Å²) >= 11 is 0. The molecule has 0 atom stereocenters. The van der Waals surface area contributed by atoms with E-state index in [1.165, 1.54) is 97.9 Å². The number of benzene rings is 2. The average molecular weight is 457 g/mol. The molecule has 0 bridgehead atoms. The topological polar surface area (TPSA) is 24.7 Å². The molecule has 2 nitrogen and oxygen atoms in total. The average Bonchev–Trinajstić information content (AvgIpc) is 2.86. The maximum atomic E-state index is 5.02. The molecule has 2 aliphatic carbocycles. The third-order valence-corrected chi connectivity index (χ3v) is 8.21. The van der Waals surface area contributed by atoms with Gasteiger partial charge in [-0.05, 0) is 112 Å². The zero-order chi connectivity index (χ0) is 23.9. The van der Waals surface area contributed by atoms with Crippen LogP contribution in [0.15, 0.2) is 46.4 Å². The Morgan fingerprint density at radius 3 is 1.35 bits per heavy atom. The predicted molar refractivity (Wildman–Crippen MR) is 148 cm³/mol. The second-order valence-electron chi connectivity index (χ2n) is 10.9. The molecule has 0 heterocycles. The van der Waals surface area contributed by atoms with Gasteiger partial charge < -0.3 is 0 Å². The van der Waals surface area contributed by atoms with Crippen LogP contribution in [0.25, 0.3) is 0 Å². The van der Waals surface area contributed by atoms with Crippen LogP contribution in [-0.4, -0.2) is 11.4 Å². The molecule has 4 rings (SSSR count). The van der Waals surface area contributed by atoms with Crippen LogP contribution in [0.1, 0.15) is 100 Å². The first-order chi connectivity index (χ1) is 16.5. The van der Waals surface area contributed by atoms with E-state index in [1.807, 2.05) is 0 Å². The molecule has 0 unspecified atom stereocenters. The van der Waals surface area contributed by atoms with Crippen LogP contribution in [0, 0.1) is 25.7 Å². The molecule has 2 aromatic rings. The summed E-state index contributed by atoms with van der Waals surface area (Å²) in [5.41, 5.74) is 10.4. The monoisotopic (exact) mass is 456 g/mol. The maximum Gasteiger partial charge on any atom is 0.0658 e. The number of aryl methyl sites for hydroxylation is 4. The van der Waals surface area contributed by atoms with Crippen LogP contribution >= 0.6 is 0 Å². The van der Waals surface area contributed by atoms with Gasteiger partial charge in [0.25, 0.3) is 0 Å². The number of aliphatic imine (C=N–C) groups is 2. The summed E-state index contributed by atoms with van der Waals surface area (Å²) in [5.74, 6) is 1.38. The van der Waals surface area contributed by atoms with E-state index in [2.05, 4.69) is 64.1 Å². The minimum atomic E-state index is 0.690. The first kappa shape index (κ1) is 24.9. The van der Waals surface area contributed by atoms with Gasteiger partial charge in [0.1, 0.15) is 0 Å². The van der Waals surface area contributed by atoms with Crippen LogP contribution in [0.2, 0.25) is 0 Å². The van der Waals surface area contributed by atoms with Crippen LogP contribution < -0.4 is 0 Å². The number of hydrogen-bond donors (Lipinski definition) is 0. The summed E-state index contributed by atoms with van der Waals surface area (Å²) in [7, 11) is 0. The molecule has 2 aromatic carbocycles. The summed E-state index contributed by atoms with van der Waals surface area (Å²) in [4.78, 5) is 10.0. The Bertz CT molecular complexity index is 934. The smallest absolute Gasteiger partial charge is 0.0658 e. The van der Waals surface area contributed by atoms with Gasteiger partial charge in [0.15, 0.2) is 0 Å². The van der Waals surface area contributed by atoms with Crippen LogP contribution in [-0.2, 0) is 12.8 Å². The van der Waals surface area contributed by atoms with Gasteiger partial charge >= 0.3 is 0 Å². The minimum Gasteiger partial charge on any atom is -0.258 e. The summed E-state index contributed by atoms with van der Waals surface area (Å²) in [6, 6.07) is 13.7. The lowest BCUT2D eigenvalue weighted by atomic mass is 9.86. The van der Waals surface area contributed by atoms with Gasteiger partial charge in [0, 0.05) is 11.4 Å². The molecule has 2 heteroatoms. The zero-order valence-electron chi connectivity index (χ0n) is 22.0. The van der Waals surface area contributed by atoms with Crippen molar-refractivity contribution in [2.45, 2.75) is 105 Å². The molecule has 34 heavy (non-hydrogen) atoms. The summed E-state index contributed by atoms with van der Waals surface area (Å²) < 4.78 is 0. The van der Waals surface area contributed by atoms with E-state index >= 15 is 0 Å². The highest BCUT2D eigenvalue weighted by Crippen LogP contribution is 2.30. The second-order valence-corrected chi connectivity index (χ2v) is 10.9. The molecule has 0 radical (unpaired) electrons. The lowest BCUT2D eigenvalue weighted by Crippen LogP contribution is -2.14. The molecule has 0 aromatic heterocycles. The van der Waals surface area contributed by atoms with Crippen molar-refractivity contribution in [3.05, 3.63) is 58.7 Å². The fourth-order valence-corrected chi connectivity index (χ4v) is 5.89. The molecule has 2 aliphatic rings. The Kier molecular flexibility index (Phi) is 8.75. The highest BCUT2D eigenvalue weighted by molar-refractivity contribution is 5.87. The van der Waals surface area contributed by atoms with Gasteiger partial charge in [-0.1, -0.05) is 62.8 Å². The van der Waals surface area contributed by atoms with Gasteiger partial charge in [0.2, 0.25) is 0 Å². The first-order valence-electron chi connectivity index (χ1n) is 13.8. The van der Waals surface area contributed by atoms with Crippen molar-refractivity contribution in [1.29, 1.82) is 0 Å². The van der Waals surface area contributed by atoms with Gasteiger partial charge in [-0.15, -0.1) is 0 Å². The van der Waals surface area contributed by atoms with Gasteiger partial charge in [-0.2, -0.15) is 0 Å². The lowest BCUT2D eigenvalue weighted by molar-refractivity contribution is 0.438. The standard InChI is InChI=1S/C32H44N2/c1-23-21-27(17-19-31(23)33-25(3)29-11-7-5-8-12-29)15-16-28-18-20-32(24(2)22-28)34-26(4)30-13-9-6-10-14-30/h17-22,29-30H,5-16H2,1-4H3. The molecule has 0 N–H and O–H groups in total. The number of rotatable bonds is 7. The van der Waals surface area contributed by atoms with Crippen molar-refractivity contribution in [2.75, 3.05) is 0 Å². The van der Waals surface area contributed by atoms with Crippen molar-refractivity contribution in [3.8, 4) is 0 Å².